The number of hydrogen-bond donors (Lipinski definition) is 4. The molecule has 0 radical (unpaired) electrons. The molecule has 7 heterocycles. The summed E-state index contributed by atoms with van der Waals surface area (Å²) in [6.45, 7) is 22.2. The van der Waals surface area contributed by atoms with Crippen molar-refractivity contribution >= 4 is 69.5 Å². The predicted octanol–water partition coefficient (Wildman–Crippen LogP) is 8.64. The monoisotopic (exact) mass is 1020 g/mol. The van der Waals surface area contributed by atoms with Crippen LogP contribution in [-0.4, -0.2) is 129 Å². The van der Waals surface area contributed by atoms with Crippen LogP contribution in [0.2, 0.25) is 0 Å². The molecule has 2 unspecified atom stereocenters. The molecule has 0 bridgehead atoms. The van der Waals surface area contributed by atoms with Gasteiger partial charge in [0.25, 0.3) is 0 Å². The number of hydrogen-bond acceptors (Lipinski definition) is 21. The zero-order valence-corrected chi connectivity index (χ0v) is 44.4. The first-order chi connectivity index (χ1) is 33.3. The van der Waals surface area contributed by atoms with E-state index in [9.17, 15) is 0 Å². The first kappa shape index (κ1) is 53.3. The van der Waals surface area contributed by atoms with Gasteiger partial charge in [-0.05, 0) is 78.0 Å². The van der Waals surface area contributed by atoms with Crippen molar-refractivity contribution in [2.45, 2.75) is 81.6 Å². The van der Waals surface area contributed by atoms with Crippen LogP contribution in [-0.2, 0) is 6.42 Å². The van der Waals surface area contributed by atoms with Crippen molar-refractivity contribution in [2.24, 2.45) is 0 Å². The minimum Gasteiger partial charge on any atom is -0.493 e. The highest BCUT2D eigenvalue weighted by molar-refractivity contribution is 7.99. The first-order valence-electron chi connectivity index (χ1n) is 23.5. The van der Waals surface area contributed by atoms with Crippen molar-refractivity contribution in [3.05, 3.63) is 69.8 Å². The van der Waals surface area contributed by atoms with E-state index in [2.05, 4.69) is 74.4 Å². The van der Waals surface area contributed by atoms with E-state index < -0.39 is 0 Å². The molecule has 2 fully saturated rings. The number of methoxy groups -OCH3 is 1. The lowest BCUT2D eigenvalue weighted by Crippen LogP contribution is -2.45. The molecule has 0 aliphatic carbocycles. The van der Waals surface area contributed by atoms with Gasteiger partial charge in [0.1, 0.15) is 46.5 Å². The predicted molar refractivity (Wildman–Crippen MR) is 286 cm³/mol. The molecule has 8 N–H and O–H groups in total. The van der Waals surface area contributed by atoms with Gasteiger partial charge in [-0.1, -0.05) is 50.7 Å². The van der Waals surface area contributed by atoms with E-state index in [1.165, 1.54) is 47.9 Å². The number of nitrogens with two attached hydrogens (primary N) is 4. The Morgan fingerprint density at radius 1 is 0.667 bits per heavy atom. The summed E-state index contributed by atoms with van der Waals surface area (Å²) in [4.78, 5) is 41.0. The van der Waals surface area contributed by atoms with E-state index >= 15 is 0 Å². The Balaban J connectivity index is 0.000000223. The average Bonchev–Trinajstić information content (AvgIpc) is 3.92. The van der Waals surface area contributed by atoms with Gasteiger partial charge in [-0.3, -0.25) is 9.80 Å². The van der Waals surface area contributed by atoms with Crippen molar-refractivity contribution in [3.63, 3.8) is 0 Å². The van der Waals surface area contributed by atoms with Crippen molar-refractivity contribution in [3.8, 4) is 38.5 Å². The second-order valence-electron chi connectivity index (χ2n) is 16.3. The minimum absolute atomic E-state index is 0.0466. The molecule has 2 saturated heterocycles. The van der Waals surface area contributed by atoms with Gasteiger partial charge >= 0.3 is 0 Å². The molecule has 2 aliphatic heterocycles. The summed E-state index contributed by atoms with van der Waals surface area (Å²) < 4.78 is 17.6. The normalized spacial score (nSPS) is 15.0. The number of thioether (sulfide) groups is 2. The minimum atomic E-state index is 0.0466. The largest absolute Gasteiger partial charge is 0.493 e. The molecule has 69 heavy (non-hydrogen) atoms. The molecule has 5 aromatic heterocycles. The standard InChI is InChI=1S/C26H37N7O2S2.C20H25N7OS2.C2H6/c1-5-6-21-24(17(2)36-26-29-22(27)16-23(28)30-26)31-25(37-21)18-7-8-19(34-4)20(15-18)35-14-13-33-11-9-32(3)10-12-33;1-12-18(13(2)30-20-24-15(21)11-16(22)25-20)26-19(29-12)14-4-5-23-17(10-14)28-9-8-27-6-3-7-27;1-2/h7-8,15-17H,5-6,9-14H2,1-4H3,(H4,27,28,29,30);4-5,10-11,13H,3,6-9H2,1-2H3,(H4,21,22,24,25);1-2H3. The van der Waals surface area contributed by atoms with E-state index in [0.29, 0.717) is 52.7 Å². The quantitative estimate of drug-likeness (QED) is 0.0439. The lowest BCUT2D eigenvalue weighted by Gasteiger charge is -2.32. The van der Waals surface area contributed by atoms with Crippen LogP contribution in [0.15, 0.2) is 59.0 Å². The fraction of sp³-hybridized carbons (Fsp3) is 0.479. The molecule has 1 aromatic carbocycles. The SMILES string of the molecule is CC.CCCc1sc(-c2ccc(OC)c(OCCN3CCN(C)CC3)c2)nc1C(C)Sc1nc(N)cc(N)n1.Cc1sc(-c2ccnc(OCCN3CCC3)c2)nc1C(C)Sc1nc(N)cc(N)n1. The Kier molecular flexibility index (Phi) is 20.3. The maximum absolute atomic E-state index is 6.21. The van der Waals surface area contributed by atoms with Gasteiger partial charge in [-0.2, -0.15) is 0 Å². The van der Waals surface area contributed by atoms with Crippen molar-refractivity contribution in [2.75, 3.05) is 103 Å². The second kappa shape index (κ2) is 26.3. The Bertz CT molecular complexity index is 2510. The van der Waals surface area contributed by atoms with Gasteiger partial charge in [0.2, 0.25) is 5.88 Å². The number of likely N-dealkylation sites (N-methyl/N-ethyl adjacent to an activating group) is 1. The summed E-state index contributed by atoms with van der Waals surface area (Å²) >= 11 is 6.39. The zero-order chi connectivity index (χ0) is 49.5. The van der Waals surface area contributed by atoms with E-state index in [-0.39, 0.29) is 10.5 Å². The highest BCUT2D eigenvalue weighted by atomic mass is 32.2. The lowest BCUT2D eigenvalue weighted by molar-refractivity contribution is 0.133. The molecule has 21 heteroatoms. The highest BCUT2D eigenvalue weighted by Gasteiger charge is 2.23. The molecule has 0 amide bonds. The molecule has 8 rings (SSSR count). The Hall–Kier alpha value is -5.03. The maximum Gasteiger partial charge on any atom is 0.213 e. The Morgan fingerprint density at radius 2 is 1.22 bits per heavy atom. The van der Waals surface area contributed by atoms with E-state index in [4.69, 9.17) is 47.1 Å². The number of aromatic nitrogens is 7. The molecule has 2 aliphatic rings. The fourth-order valence-corrected chi connectivity index (χ4v) is 11.7. The third kappa shape index (κ3) is 15.5. The summed E-state index contributed by atoms with van der Waals surface area (Å²) in [6.07, 6.45) is 5.05. The first-order valence-corrected chi connectivity index (χ1v) is 26.9. The topological polar surface area (TPSA) is 232 Å². The molecule has 0 spiro atoms. The third-order valence-corrected chi connectivity index (χ3v) is 15.3. The number of benzene rings is 1. The smallest absolute Gasteiger partial charge is 0.213 e. The fourth-order valence-electron chi connectivity index (χ4n) is 7.36. The number of thiazole rings is 2. The van der Waals surface area contributed by atoms with E-state index in [0.717, 1.165) is 101 Å². The maximum atomic E-state index is 6.21. The van der Waals surface area contributed by atoms with Crippen LogP contribution in [0, 0.1) is 6.92 Å². The number of rotatable bonds is 19. The summed E-state index contributed by atoms with van der Waals surface area (Å²) in [7, 11) is 3.84. The molecule has 0 saturated carbocycles. The number of likely N-dealkylation sites (tertiary alicyclic amines) is 1. The van der Waals surface area contributed by atoms with Crippen molar-refractivity contribution in [1.82, 2.24) is 49.6 Å². The van der Waals surface area contributed by atoms with Gasteiger partial charge in [-0.15, -0.1) is 22.7 Å². The van der Waals surface area contributed by atoms with E-state index in [1.807, 2.05) is 44.2 Å². The summed E-state index contributed by atoms with van der Waals surface area (Å²) in [6, 6.07) is 13.1. The van der Waals surface area contributed by atoms with Crippen molar-refractivity contribution < 1.29 is 14.2 Å². The van der Waals surface area contributed by atoms with Crippen LogP contribution >= 0.6 is 46.2 Å². The molecular formula is C48H68N14O3S4. The highest BCUT2D eigenvalue weighted by Crippen LogP contribution is 2.42. The molecule has 372 valence electrons. The summed E-state index contributed by atoms with van der Waals surface area (Å²) in [5, 5.41) is 3.12. The van der Waals surface area contributed by atoms with Gasteiger partial charge < -0.3 is 42.0 Å². The molecule has 2 atom stereocenters. The number of nitrogens with zero attached hydrogens (tertiary/aromatic N) is 10. The van der Waals surface area contributed by atoms with Gasteiger partial charge in [0.05, 0.1) is 29.0 Å². The van der Waals surface area contributed by atoms with E-state index in [1.54, 1.807) is 48.1 Å². The lowest BCUT2D eigenvalue weighted by atomic mass is 10.2. The number of piperazine rings is 1. The Labute approximate surface area is 423 Å². The number of pyridine rings is 1. The van der Waals surface area contributed by atoms with Gasteiger partial charge in [0.15, 0.2) is 21.8 Å². The molecule has 6 aromatic rings. The number of anilines is 4. The van der Waals surface area contributed by atoms with Crippen LogP contribution in [0.5, 0.6) is 17.4 Å². The summed E-state index contributed by atoms with van der Waals surface area (Å²) in [5.74, 6) is 3.58. The molecular weight excluding hydrogens is 949 g/mol. The number of nitrogen functional groups attached to an aromatic ring is 4. The van der Waals surface area contributed by atoms with Gasteiger partial charge in [-0.25, -0.2) is 34.9 Å². The third-order valence-electron chi connectivity index (χ3n) is 11.1. The molecule has 17 nitrogen and oxygen atoms in total. The zero-order valence-electron chi connectivity index (χ0n) is 41.1. The van der Waals surface area contributed by atoms with Crippen LogP contribution < -0.4 is 37.1 Å². The van der Waals surface area contributed by atoms with Crippen LogP contribution in [0.4, 0.5) is 23.3 Å². The number of aryl methyl sites for hydroxylation is 2. The second-order valence-corrected chi connectivity index (χ2v) is 21.2. The van der Waals surface area contributed by atoms with Crippen LogP contribution in [0.1, 0.15) is 79.1 Å². The van der Waals surface area contributed by atoms with Crippen molar-refractivity contribution in [1.29, 1.82) is 0 Å². The average molecular weight is 1020 g/mol. The van der Waals surface area contributed by atoms with Gasteiger partial charge in [0, 0.05) is 84.5 Å². The number of ether oxygens (including phenoxy) is 3. The summed E-state index contributed by atoms with van der Waals surface area (Å²) in [5.41, 5.74) is 27.4. The van der Waals surface area contributed by atoms with Crippen LogP contribution in [0.3, 0.4) is 0 Å². The van der Waals surface area contributed by atoms with Crippen LogP contribution in [0.25, 0.3) is 21.1 Å². The Morgan fingerprint density at radius 3 is 1.80 bits per heavy atom.